The summed E-state index contributed by atoms with van der Waals surface area (Å²) in [5, 5.41) is 2.87. The molecule has 0 aliphatic carbocycles. The topological polar surface area (TPSA) is 47.6 Å². The van der Waals surface area contributed by atoms with Gasteiger partial charge in [0.25, 0.3) is 0 Å². The molecule has 23 heavy (non-hydrogen) atoms. The summed E-state index contributed by atoms with van der Waals surface area (Å²) in [5.74, 6) is 1.17. The number of methoxy groups -OCH3 is 2. The van der Waals surface area contributed by atoms with E-state index < -0.39 is 0 Å². The summed E-state index contributed by atoms with van der Waals surface area (Å²) in [6.45, 7) is 1.97. The number of benzene rings is 2. The Hall–Kier alpha value is -2.02. The van der Waals surface area contributed by atoms with Gasteiger partial charge in [-0.3, -0.25) is 4.79 Å². The fourth-order valence-corrected chi connectivity index (χ4v) is 2.69. The van der Waals surface area contributed by atoms with Crippen molar-refractivity contribution in [2.75, 3.05) is 19.5 Å². The third kappa shape index (κ3) is 4.99. The Bertz CT molecular complexity index is 719. The minimum atomic E-state index is -0.184. The molecule has 120 valence electrons. The summed E-state index contributed by atoms with van der Waals surface area (Å²) < 4.78 is 11.6. The average Bonchev–Trinajstić information content (AvgIpc) is 2.55. The molecule has 1 amide bonds. The number of rotatable bonds is 5. The Morgan fingerprint density at radius 3 is 2.30 bits per heavy atom. The van der Waals surface area contributed by atoms with E-state index in [-0.39, 0.29) is 5.91 Å². The number of anilines is 1. The lowest BCUT2D eigenvalue weighted by Gasteiger charge is -2.07. The molecule has 0 saturated heterocycles. The highest BCUT2D eigenvalue weighted by Gasteiger charge is 2.03. The fraction of sp³-hybridized carbons (Fsp3) is 0.167. The van der Waals surface area contributed by atoms with E-state index in [9.17, 15) is 4.79 Å². The van der Waals surface area contributed by atoms with Gasteiger partial charge in [0.05, 0.1) is 14.2 Å². The van der Waals surface area contributed by atoms with E-state index >= 15 is 0 Å². The molecule has 0 bridgehead atoms. The summed E-state index contributed by atoms with van der Waals surface area (Å²) in [7, 11) is 3.18. The first kappa shape index (κ1) is 17.3. The molecule has 4 nitrogen and oxygen atoms in total. The molecular weight excluding hydrogens is 405 g/mol. The Morgan fingerprint density at radius 1 is 1.09 bits per heavy atom. The summed E-state index contributed by atoms with van der Waals surface area (Å²) in [4.78, 5) is 12.1. The smallest absolute Gasteiger partial charge is 0.248 e. The lowest BCUT2D eigenvalue weighted by molar-refractivity contribution is -0.111. The van der Waals surface area contributed by atoms with Crippen molar-refractivity contribution in [2.45, 2.75) is 6.92 Å². The monoisotopic (exact) mass is 423 g/mol. The number of hydrogen-bond donors (Lipinski definition) is 1. The highest BCUT2D eigenvalue weighted by Crippen LogP contribution is 2.23. The van der Waals surface area contributed by atoms with Gasteiger partial charge < -0.3 is 14.8 Å². The van der Waals surface area contributed by atoms with E-state index in [0.717, 1.165) is 20.4 Å². The minimum Gasteiger partial charge on any atom is -0.497 e. The molecule has 2 rings (SSSR count). The zero-order chi connectivity index (χ0) is 16.8. The van der Waals surface area contributed by atoms with E-state index in [1.54, 1.807) is 26.4 Å². The highest BCUT2D eigenvalue weighted by atomic mass is 127. The van der Waals surface area contributed by atoms with Crippen LogP contribution in [-0.4, -0.2) is 20.1 Å². The van der Waals surface area contributed by atoms with Crippen LogP contribution in [0.1, 0.15) is 11.1 Å². The van der Waals surface area contributed by atoms with E-state index in [1.165, 1.54) is 6.08 Å². The standard InChI is InChI=1S/C18H18INO3/c1-12-8-14(19)5-6-17(12)20-18(21)7-4-13-9-15(22-2)11-16(10-13)23-3/h4-11H,1-3H3,(H,20,21)/b7-4+. The van der Waals surface area contributed by atoms with Crippen molar-refractivity contribution in [3.05, 3.63) is 57.2 Å². The van der Waals surface area contributed by atoms with Crippen LogP contribution in [-0.2, 0) is 4.79 Å². The van der Waals surface area contributed by atoms with Crippen LogP contribution in [0.5, 0.6) is 11.5 Å². The maximum Gasteiger partial charge on any atom is 0.248 e. The number of halogens is 1. The van der Waals surface area contributed by atoms with Crippen molar-refractivity contribution in [1.82, 2.24) is 0 Å². The number of carbonyl (C=O) groups excluding carboxylic acids is 1. The molecule has 0 spiro atoms. The second-order valence-corrected chi connectivity index (χ2v) is 6.17. The number of amides is 1. The molecule has 0 aliphatic heterocycles. The molecule has 0 aromatic heterocycles. The highest BCUT2D eigenvalue weighted by molar-refractivity contribution is 14.1. The number of hydrogen-bond acceptors (Lipinski definition) is 3. The molecule has 0 heterocycles. The molecular formula is C18H18INO3. The van der Waals surface area contributed by atoms with Gasteiger partial charge >= 0.3 is 0 Å². The van der Waals surface area contributed by atoms with Crippen molar-refractivity contribution < 1.29 is 14.3 Å². The van der Waals surface area contributed by atoms with Crippen molar-refractivity contribution >= 4 is 40.3 Å². The third-order valence-electron chi connectivity index (χ3n) is 3.25. The summed E-state index contributed by atoms with van der Waals surface area (Å²) in [5.41, 5.74) is 2.67. The number of ether oxygens (including phenoxy) is 2. The maximum atomic E-state index is 12.1. The van der Waals surface area contributed by atoms with Gasteiger partial charge in [-0.1, -0.05) is 0 Å². The van der Waals surface area contributed by atoms with Gasteiger partial charge in [0, 0.05) is 21.4 Å². The SMILES string of the molecule is COc1cc(/C=C/C(=O)Nc2ccc(I)cc2C)cc(OC)c1. The fourth-order valence-electron chi connectivity index (χ4n) is 2.04. The molecule has 0 saturated carbocycles. The van der Waals surface area contributed by atoms with Crippen LogP contribution >= 0.6 is 22.6 Å². The Kier molecular flexibility index (Phi) is 6.04. The number of aryl methyl sites for hydroxylation is 1. The second kappa shape index (κ2) is 8.01. The van der Waals surface area contributed by atoms with Gasteiger partial charge in [-0.2, -0.15) is 0 Å². The predicted molar refractivity (Wildman–Crippen MR) is 101 cm³/mol. The maximum absolute atomic E-state index is 12.1. The molecule has 0 radical (unpaired) electrons. The minimum absolute atomic E-state index is 0.184. The Balaban J connectivity index is 2.11. The van der Waals surface area contributed by atoms with Crippen LogP contribution in [0.4, 0.5) is 5.69 Å². The van der Waals surface area contributed by atoms with Gasteiger partial charge in [0.2, 0.25) is 5.91 Å². The van der Waals surface area contributed by atoms with Crippen molar-refractivity contribution in [2.24, 2.45) is 0 Å². The summed E-state index contributed by atoms with van der Waals surface area (Å²) in [6, 6.07) is 11.3. The molecule has 5 heteroatoms. The molecule has 0 atom stereocenters. The average molecular weight is 423 g/mol. The first-order chi connectivity index (χ1) is 11.0. The van der Waals surface area contributed by atoms with E-state index in [0.29, 0.717) is 11.5 Å². The van der Waals surface area contributed by atoms with Gasteiger partial charge in [0.15, 0.2) is 0 Å². The van der Waals surface area contributed by atoms with Gasteiger partial charge in [-0.15, -0.1) is 0 Å². The van der Waals surface area contributed by atoms with Crippen LogP contribution in [0, 0.1) is 10.5 Å². The van der Waals surface area contributed by atoms with E-state index in [1.807, 2.05) is 37.3 Å². The number of carbonyl (C=O) groups is 1. The lowest BCUT2D eigenvalue weighted by atomic mass is 10.1. The van der Waals surface area contributed by atoms with E-state index in [2.05, 4.69) is 27.9 Å². The van der Waals surface area contributed by atoms with Gasteiger partial charge in [-0.25, -0.2) is 0 Å². The van der Waals surface area contributed by atoms with Crippen molar-refractivity contribution in [1.29, 1.82) is 0 Å². The van der Waals surface area contributed by atoms with Crippen LogP contribution in [0.3, 0.4) is 0 Å². The molecule has 2 aromatic carbocycles. The Morgan fingerprint density at radius 2 is 1.74 bits per heavy atom. The Labute approximate surface area is 149 Å². The normalized spacial score (nSPS) is 10.6. The summed E-state index contributed by atoms with van der Waals surface area (Å²) in [6.07, 6.45) is 3.22. The second-order valence-electron chi connectivity index (χ2n) is 4.93. The largest absolute Gasteiger partial charge is 0.497 e. The van der Waals surface area contributed by atoms with Crippen LogP contribution in [0.25, 0.3) is 6.08 Å². The first-order valence-electron chi connectivity index (χ1n) is 7.00. The molecule has 0 unspecified atom stereocenters. The molecule has 0 aliphatic rings. The van der Waals surface area contributed by atoms with E-state index in [4.69, 9.17) is 9.47 Å². The zero-order valence-corrected chi connectivity index (χ0v) is 15.4. The number of nitrogens with one attached hydrogen (secondary N) is 1. The van der Waals surface area contributed by atoms with Crippen LogP contribution < -0.4 is 14.8 Å². The first-order valence-corrected chi connectivity index (χ1v) is 8.08. The molecule has 0 fully saturated rings. The quantitative estimate of drug-likeness (QED) is 0.578. The molecule has 2 aromatic rings. The van der Waals surface area contributed by atoms with Gasteiger partial charge in [0.1, 0.15) is 11.5 Å². The lowest BCUT2D eigenvalue weighted by Crippen LogP contribution is -2.08. The predicted octanol–water partition coefficient (Wildman–Crippen LogP) is 4.27. The van der Waals surface area contributed by atoms with Crippen LogP contribution in [0.15, 0.2) is 42.5 Å². The summed E-state index contributed by atoms with van der Waals surface area (Å²) >= 11 is 2.24. The van der Waals surface area contributed by atoms with Crippen molar-refractivity contribution in [3.63, 3.8) is 0 Å². The zero-order valence-electron chi connectivity index (χ0n) is 13.2. The van der Waals surface area contributed by atoms with Crippen molar-refractivity contribution in [3.8, 4) is 11.5 Å². The third-order valence-corrected chi connectivity index (χ3v) is 3.92. The molecule has 1 N–H and O–H groups in total. The van der Waals surface area contributed by atoms with Crippen LogP contribution in [0.2, 0.25) is 0 Å². The van der Waals surface area contributed by atoms with Gasteiger partial charge in [-0.05, 0) is 77.0 Å².